The number of anilines is 1. The largest absolute Gasteiger partial charge is 0.483 e. The van der Waals surface area contributed by atoms with Gasteiger partial charge in [0, 0.05) is 0 Å². The molecule has 0 heterocycles. The van der Waals surface area contributed by atoms with Crippen LogP contribution < -0.4 is 10.1 Å². The first-order valence-corrected chi connectivity index (χ1v) is 6.94. The van der Waals surface area contributed by atoms with E-state index in [4.69, 9.17) is 4.74 Å². The number of ether oxygens (including phenoxy) is 1. The van der Waals surface area contributed by atoms with E-state index in [2.05, 4.69) is 5.32 Å². The Bertz CT molecular complexity index is 711. The topological polar surface area (TPSA) is 38.3 Å². The average molecular weight is 323 g/mol. The molecule has 0 aliphatic carbocycles. The van der Waals surface area contributed by atoms with Gasteiger partial charge in [-0.1, -0.05) is 24.3 Å². The molecule has 0 fully saturated rings. The lowest BCUT2D eigenvalue weighted by Crippen LogP contribution is -2.22. The maximum absolute atomic E-state index is 12.9. The number of carbonyl (C=O) groups excluding carboxylic acids is 1. The second kappa shape index (κ2) is 6.73. The molecule has 2 rings (SSSR count). The molecule has 0 aliphatic rings. The smallest absolute Gasteiger partial charge is 0.418 e. The highest BCUT2D eigenvalue weighted by atomic mass is 19.4. The van der Waals surface area contributed by atoms with Gasteiger partial charge < -0.3 is 10.1 Å². The summed E-state index contributed by atoms with van der Waals surface area (Å²) < 4.78 is 44.0. The summed E-state index contributed by atoms with van der Waals surface area (Å²) in [5, 5.41) is 2.24. The van der Waals surface area contributed by atoms with Crippen LogP contribution in [0.2, 0.25) is 0 Å². The summed E-state index contributed by atoms with van der Waals surface area (Å²) in [5.41, 5.74) is 0.718. The van der Waals surface area contributed by atoms with Crippen molar-refractivity contribution in [3.8, 4) is 5.75 Å². The van der Waals surface area contributed by atoms with E-state index in [1.54, 1.807) is 12.1 Å². The van der Waals surface area contributed by atoms with Crippen LogP contribution >= 0.6 is 0 Å². The maximum atomic E-state index is 12.9. The van der Waals surface area contributed by atoms with E-state index in [1.165, 1.54) is 18.2 Å². The highest BCUT2D eigenvalue weighted by Gasteiger charge is 2.33. The fourth-order valence-corrected chi connectivity index (χ4v) is 2.05. The van der Waals surface area contributed by atoms with E-state index in [9.17, 15) is 18.0 Å². The molecule has 3 nitrogen and oxygen atoms in total. The SMILES string of the molecule is Cc1cccc(OCC(=O)Nc2ccccc2C(F)(F)F)c1C. The van der Waals surface area contributed by atoms with Gasteiger partial charge in [0.05, 0.1) is 11.3 Å². The first-order chi connectivity index (χ1) is 10.8. The summed E-state index contributed by atoms with van der Waals surface area (Å²) in [7, 11) is 0. The number of amides is 1. The normalized spacial score (nSPS) is 11.2. The molecular formula is C17H16F3NO2. The molecule has 0 unspecified atom stereocenters. The zero-order valence-electron chi connectivity index (χ0n) is 12.7. The van der Waals surface area contributed by atoms with Gasteiger partial charge in [0.25, 0.3) is 5.91 Å². The van der Waals surface area contributed by atoms with E-state index >= 15 is 0 Å². The Kier molecular flexibility index (Phi) is 4.93. The van der Waals surface area contributed by atoms with Gasteiger partial charge in [-0.3, -0.25) is 4.79 Å². The van der Waals surface area contributed by atoms with E-state index in [0.29, 0.717) is 5.75 Å². The first-order valence-electron chi connectivity index (χ1n) is 6.94. The number of hydrogen-bond donors (Lipinski definition) is 1. The Hall–Kier alpha value is -2.50. The molecule has 6 heteroatoms. The van der Waals surface area contributed by atoms with Gasteiger partial charge in [0.2, 0.25) is 0 Å². The molecule has 2 aromatic rings. The van der Waals surface area contributed by atoms with Crippen LogP contribution in [0.1, 0.15) is 16.7 Å². The Morgan fingerprint density at radius 3 is 2.48 bits per heavy atom. The lowest BCUT2D eigenvalue weighted by atomic mass is 10.1. The molecule has 0 atom stereocenters. The number of rotatable bonds is 4. The van der Waals surface area contributed by atoms with Gasteiger partial charge >= 0.3 is 6.18 Å². The first kappa shape index (κ1) is 16.9. The number of benzene rings is 2. The Morgan fingerprint density at radius 2 is 1.78 bits per heavy atom. The molecule has 0 aromatic heterocycles. The highest BCUT2D eigenvalue weighted by molar-refractivity contribution is 5.92. The summed E-state index contributed by atoms with van der Waals surface area (Å²) >= 11 is 0. The molecule has 0 saturated heterocycles. The van der Waals surface area contributed by atoms with Crippen LogP contribution in [0.3, 0.4) is 0 Å². The zero-order chi connectivity index (χ0) is 17.0. The van der Waals surface area contributed by atoms with Crippen molar-refractivity contribution in [2.45, 2.75) is 20.0 Å². The minimum Gasteiger partial charge on any atom is -0.483 e. The standard InChI is InChI=1S/C17H16F3NO2/c1-11-6-5-9-15(12(11)2)23-10-16(22)21-14-8-4-3-7-13(14)17(18,19)20/h3-9H,10H2,1-2H3,(H,21,22). The molecule has 1 N–H and O–H groups in total. The van der Waals surface area contributed by atoms with Crippen molar-refractivity contribution < 1.29 is 22.7 Å². The van der Waals surface area contributed by atoms with Crippen molar-refractivity contribution in [3.05, 3.63) is 59.2 Å². The average Bonchev–Trinajstić information content (AvgIpc) is 2.48. The molecule has 0 radical (unpaired) electrons. The lowest BCUT2D eigenvalue weighted by Gasteiger charge is -2.14. The third kappa shape index (κ3) is 4.25. The number of halogens is 3. The van der Waals surface area contributed by atoms with E-state index in [0.717, 1.165) is 17.2 Å². The van der Waals surface area contributed by atoms with E-state index in [1.807, 2.05) is 19.9 Å². The molecule has 0 spiro atoms. The monoisotopic (exact) mass is 323 g/mol. The van der Waals surface area contributed by atoms with E-state index in [-0.39, 0.29) is 12.3 Å². The summed E-state index contributed by atoms with van der Waals surface area (Å²) in [6.45, 7) is 3.39. The minimum absolute atomic E-state index is 0.283. The maximum Gasteiger partial charge on any atom is 0.418 e. The minimum atomic E-state index is -4.53. The lowest BCUT2D eigenvalue weighted by molar-refractivity contribution is -0.137. The second-order valence-electron chi connectivity index (χ2n) is 5.08. The summed E-state index contributed by atoms with van der Waals surface area (Å²) in [5.74, 6) is -0.119. The summed E-state index contributed by atoms with van der Waals surface area (Å²) in [6, 6.07) is 10.2. The van der Waals surface area contributed by atoms with Crippen molar-refractivity contribution in [2.24, 2.45) is 0 Å². The van der Waals surface area contributed by atoms with E-state index < -0.39 is 17.6 Å². The Morgan fingerprint density at radius 1 is 1.09 bits per heavy atom. The van der Waals surface area contributed by atoms with Crippen LogP contribution in [0.25, 0.3) is 0 Å². The number of alkyl halides is 3. The van der Waals surface area contributed by atoms with Crippen LogP contribution in [0.5, 0.6) is 5.75 Å². The van der Waals surface area contributed by atoms with Gasteiger partial charge in [0.1, 0.15) is 5.75 Å². The van der Waals surface area contributed by atoms with Gasteiger partial charge in [-0.05, 0) is 43.2 Å². The number of carbonyl (C=O) groups is 1. The van der Waals surface area contributed by atoms with Crippen molar-refractivity contribution >= 4 is 11.6 Å². The van der Waals surface area contributed by atoms with Gasteiger partial charge in [-0.15, -0.1) is 0 Å². The molecule has 0 saturated carbocycles. The molecule has 23 heavy (non-hydrogen) atoms. The zero-order valence-corrected chi connectivity index (χ0v) is 12.7. The quantitative estimate of drug-likeness (QED) is 0.909. The van der Waals surface area contributed by atoms with Gasteiger partial charge in [0.15, 0.2) is 6.61 Å². The summed E-state index contributed by atoms with van der Waals surface area (Å²) in [6.07, 6.45) is -4.53. The number of para-hydroxylation sites is 1. The molecule has 0 aliphatic heterocycles. The third-order valence-electron chi connectivity index (χ3n) is 3.42. The fraction of sp³-hybridized carbons (Fsp3) is 0.235. The van der Waals surface area contributed by atoms with Crippen LogP contribution in [0.4, 0.5) is 18.9 Å². The molecule has 0 bridgehead atoms. The van der Waals surface area contributed by atoms with Crippen molar-refractivity contribution in [1.82, 2.24) is 0 Å². The number of nitrogens with one attached hydrogen (secondary N) is 1. The van der Waals surface area contributed by atoms with Crippen LogP contribution in [-0.4, -0.2) is 12.5 Å². The van der Waals surface area contributed by atoms with Gasteiger partial charge in [-0.25, -0.2) is 0 Å². The van der Waals surface area contributed by atoms with Crippen molar-refractivity contribution in [2.75, 3.05) is 11.9 Å². The van der Waals surface area contributed by atoms with Crippen molar-refractivity contribution in [1.29, 1.82) is 0 Å². The van der Waals surface area contributed by atoms with Gasteiger partial charge in [-0.2, -0.15) is 13.2 Å². The van der Waals surface area contributed by atoms with Crippen LogP contribution in [0, 0.1) is 13.8 Å². The van der Waals surface area contributed by atoms with Crippen LogP contribution in [0.15, 0.2) is 42.5 Å². The summed E-state index contributed by atoms with van der Waals surface area (Å²) in [4.78, 5) is 11.9. The molecule has 122 valence electrons. The highest BCUT2D eigenvalue weighted by Crippen LogP contribution is 2.34. The molecular weight excluding hydrogens is 307 g/mol. The third-order valence-corrected chi connectivity index (χ3v) is 3.42. The number of hydrogen-bond acceptors (Lipinski definition) is 2. The predicted octanol–water partition coefficient (Wildman–Crippen LogP) is 4.34. The number of aryl methyl sites for hydroxylation is 1. The Labute approximate surface area is 132 Å². The molecule has 2 aromatic carbocycles. The predicted molar refractivity (Wildman–Crippen MR) is 81.5 cm³/mol. The fourth-order valence-electron chi connectivity index (χ4n) is 2.05. The molecule has 1 amide bonds. The Balaban J connectivity index is 2.05. The van der Waals surface area contributed by atoms with Crippen molar-refractivity contribution in [3.63, 3.8) is 0 Å². The van der Waals surface area contributed by atoms with Crippen LogP contribution in [-0.2, 0) is 11.0 Å². The second-order valence-corrected chi connectivity index (χ2v) is 5.08.